The van der Waals surface area contributed by atoms with Crippen LogP contribution >= 0.6 is 0 Å². The van der Waals surface area contributed by atoms with Gasteiger partial charge < -0.3 is 14.6 Å². The SMILES string of the molecule is COc1ccc(S(C)(=O)=O)cc1C(=O)Nc1cccc(-c2nncn2C(C)C)n1. The summed E-state index contributed by atoms with van der Waals surface area (Å²) in [5, 5.41) is 10.7. The molecule has 0 unspecified atom stereocenters. The van der Waals surface area contributed by atoms with Gasteiger partial charge in [-0.25, -0.2) is 13.4 Å². The topological polar surface area (TPSA) is 116 Å². The summed E-state index contributed by atoms with van der Waals surface area (Å²) in [5.41, 5.74) is 0.638. The standard InChI is InChI=1S/C19H21N5O4S/c1-12(2)24-11-20-23-18(24)15-6-5-7-17(21-15)22-19(25)14-10-13(29(4,26)27)8-9-16(14)28-3/h5-12H,1-4H3,(H,21,22,25). The molecule has 0 fully saturated rings. The molecular weight excluding hydrogens is 394 g/mol. The first-order valence-corrected chi connectivity index (χ1v) is 10.7. The van der Waals surface area contributed by atoms with Crippen molar-refractivity contribution in [2.24, 2.45) is 0 Å². The molecule has 0 aliphatic carbocycles. The Balaban J connectivity index is 1.93. The maximum atomic E-state index is 12.8. The van der Waals surface area contributed by atoms with Crippen molar-refractivity contribution in [2.45, 2.75) is 24.8 Å². The third-order valence-electron chi connectivity index (χ3n) is 4.19. The first kappa shape index (κ1) is 20.5. The Hall–Kier alpha value is -3.27. The Morgan fingerprint density at radius 2 is 1.97 bits per heavy atom. The number of pyridine rings is 1. The molecule has 3 rings (SSSR count). The van der Waals surface area contributed by atoms with Crippen molar-refractivity contribution in [2.75, 3.05) is 18.7 Å². The number of carbonyl (C=O) groups excluding carboxylic acids is 1. The molecule has 2 heterocycles. The molecule has 10 heteroatoms. The van der Waals surface area contributed by atoms with E-state index in [0.717, 1.165) is 6.26 Å². The van der Waals surface area contributed by atoms with E-state index < -0.39 is 15.7 Å². The molecular formula is C19H21N5O4S. The quantitative estimate of drug-likeness (QED) is 0.658. The van der Waals surface area contributed by atoms with Gasteiger partial charge in [-0.05, 0) is 44.2 Å². The zero-order chi connectivity index (χ0) is 21.2. The van der Waals surface area contributed by atoms with Gasteiger partial charge in [0.05, 0.1) is 17.6 Å². The average Bonchev–Trinajstić information content (AvgIpc) is 3.17. The second-order valence-corrected chi connectivity index (χ2v) is 8.67. The van der Waals surface area contributed by atoms with Crippen molar-refractivity contribution in [3.8, 4) is 17.3 Å². The number of sulfone groups is 1. The second kappa shape index (κ2) is 8.00. The van der Waals surface area contributed by atoms with Gasteiger partial charge in [-0.15, -0.1) is 10.2 Å². The molecule has 0 saturated heterocycles. The van der Waals surface area contributed by atoms with Crippen LogP contribution in [0.4, 0.5) is 5.82 Å². The van der Waals surface area contributed by atoms with Crippen molar-refractivity contribution < 1.29 is 17.9 Å². The summed E-state index contributed by atoms with van der Waals surface area (Å²) in [5.74, 6) is 0.582. The third kappa shape index (κ3) is 4.43. The highest BCUT2D eigenvalue weighted by Crippen LogP contribution is 2.24. The number of carbonyl (C=O) groups is 1. The Bertz CT molecular complexity index is 1150. The molecule has 1 amide bonds. The van der Waals surface area contributed by atoms with Crippen molar-refractivity contribution >= 4 is 21.6 Å². The maximum absolute atomic E-state index is 12.8. The van der Waals surface area contributed by atoms with Crippen molar-refractivity contribution in [1.29, 1.82) is 0 Å². The number of nitrogens with one attached hydrogen (secondary N) is 1. The smallest absolute Gasteiger partial charge is 0.260 e. The van der Waals surface area contributed by atoms with E-state index in [1.54, 1.807) is 24.5 Å². The molecule has 1 N–H and O–H groups in total. The molecule has 0 radical (unpaired) electrons. The molecule has 0 bridgehead atoms. The maximum Gasteiger partial charge on any atom is 0.260 e. The monoisotopic (exact) mass is 415 g/mol. The number of hydrogen-bond acceptors (Lipinski definition) is 7. The van der Waals surface area contributed by atoms with Gasteiger partial charge >= 0.3 is 0 Å². The summed E-state index contributed by atoms with van der Waals surface area (Å²) in [6, 6.07) is 9.39. The van der Waals surface area contributed by atoms with Crippen LogP contribution in [0.15, 0.2) is 47.6 Å². The second-order valence-electron chi connectivity index (χ2n) is 6.65. The first-order chi connectivity index (χ1) is 13.7. The molecule has 0 saturated carbocycles. The van der Waals surface area contributed by atoms with Gasteiger partial charge in [-0.1, -0.05) is 6.07 Å². The number of methoxy groups -OCH3 is 1. The van der Waals surface area contributed by atoms with Crippen LogP contribution in [0.1, 0.15) is 30.2 Å². The van der Waals surface area contributed by atoms with Crippen LogP contribution < -0.4 is 10.1 Å². The molecule has 29 heavy (non-hydrogen) atoms. The number of hydrogen-bond donors (Lipinski definition) is 1. The molecule has 9 nitrogen and oxygen atoms in total. The number of nitrogens with zero attached hydrogens (tertiary/aromatic N) is 4. The van der Waals surface area contributed by atoms with E-state index in [0.29, 0.717) is 11.5 Å². The van der Waals surface area contributed by atoms with Crippen LogP contribution in [0.25, 0.3) is 11.5 Å². The summed E-state index contributed by atoms with van der Waals surface area (Å²) in [7, 11) is -2.07. The van der Waals surface area contributed by atoms with E-state index in [4.69, 9.17) is 4.74 Å². The summed E-state index contributed by atoms with van der Waals surface area (Å²) in [6.07, 6.45) is 2.70. The predicted octanol–water partition coefficient (Wildman–Crippen LogP) is 2.59. The molecule has 0 aliphatic rings. The number of benzene rings is 1. The Labute approximate surface area is 168 Å². The average molecular weight is 415 g/mol. The van der Waals surface area contributed by atoms with Gasteiger partial charge in [0.25, 0.3) is 5.91 Å². The lowest BCUT2D eigenvalue weighted by Gasteiger charge is -2.12. The van der Waals surface area contributed by atoms with E-state index in [1.807, 2.05) is 18.4 Å². The zero-order valence-electron chi connectivity index (χ0n) is 16.4. The Morgan fingerprint density at radius 1 is 1.21 bits per heavy atom. The molecule has 0 aliphatic heterocycles. The third-order valence-corrected chi connectivity index (χ3v) is 5.30. The number of amides is 1. The zero-order valence-corrected chi connectivity index (χ0v) is 17.3. The highest BCUT2D eigenvalue weighted by molar-refractivity contribution is 7.90. The van der Waals surface area contributed by atoms with Crippen LogP contribution in [-0.2, 0) is 9.84 Å². The number of rotatable bonds is 6. The fourth-order valence-electron chi connectivity index (χ4n) is 2.71. The van der Waals surface area contributed by atoms with Crippen LogP contribution in [0.5, 0.6) is 5.75 Å². The highest BCUT2D eigenvalue weighted by Gasteiger charge is 2.18. The lowest BCUT2D eigenvalue weighted by Crippen LogP contribution is -2.15. The minimum atomic E-state index is -3.48. The molecule has 3 aromatic rings. The minimum absolute atomic E-state index is 0.0233. The van der Waals surface area contributed by atoms with E-state index in [-0.39, 0.29) is 28.1 Å². The van der Waals surface area contributed by atoms with E-state index in [9.17, 15) is 13.2 Å². The summed E-state index contributed by atoms with van der Waals surface area (Å²) >= 11 is 0. The van der Waals surface area contributed by atoms with Crippen LogP contribution in [-0.4, -0.2) is 47.4 Å². The van der Waals surface area contributed by atoms with Crippen molar-refractivity contribution in [1.82, 2.24) is 19.7 Å². The van der Waals surface area contributed by atoms with Crippen molar-refractivity contribution in [3.63, 3.8) is 0 Å². The van der Waals surface area contributed by atoms with Crippen molar-refractivity contribution in [3.05, 3.63) is 48.3 Å². The molecule has 2 aromatic heterocycles. The van der Waals surface area contributed by atoms with Gasteiger partial charge in [-0.3, -0.25) is 4.79 Å². The van der Waals surface area contributed by atoms with Gasteiger partial charge in [-0.2, -0.15) is 0 Å². The normalized spacial score (nSPS) is 11.5. The first-order valence-electron chi connectivity index (χ1n) is 8.77. The van der Waals surface area contributed by atoms with E-state index in [1.165, 1.54) is 25.3 Å². The van der Waals surface area contributed by atoms with Gasteiger partial charge in [0, 0.05) is 12.3 Å². The lowest BCUT2D eigenvalue weighted by atomic mass is 10.2. The Morgan fingerprint density at radius 3 is 2.62 bits per heavy atom. The van der Waals surface area contributed by atoms with Crippen LogP contribution in [0.2, 0.25) is 0 Å². The van der Waals surface area contributed by atoms with Crippen LogP contribution in [0, 0.1) is 0 Å². The van der Waals surface area contributed by atoms with Gasteiger partial charge in [0.15, 0.2) is 15.7 Å². The fourth-order valence-corrected chi connectivity index (χ4v) is 3.36. The Kier molecular flexibility index (Phi) is 5.64. The highest BCUT2D eigenvalue weighted by atomic mass is 32.2. The summed E-state index contributed by atoms with van der Waals surface area (Å²) < 4.78 is 30.7. The largest absolute Gasteiger partial charge is 0.496 e. The minimum Gasteiger partial charge on any atom is -0.496 e. The van der Waals surface area contributed by atoms with Crippen LogP contribution in [0.3, 0.4) is 0 Å². The molecule has 0 atom stereocenters. The molecule has 1 aromatic carbocycles. The fraction of sp³-hybridized carbons (Fsp3) is 0.263. The molecule has 152 valence electrons. The number of aromatic nitrogens is 4. The number of anilines is 1. The number of ether oxygens (including phenoxy) is 1. The van der Waals surface area contributed by atoms with Gasteiger partial charge in [0.1, 0.15) is 23.6 Å². The van der Waals surface area contributed by atoms with Gasteiger partial charge in [0.2, 0.25) is 0 Å². The lowest BCUT2D eigenvalue weighted by molar-refractivity contribution is 0.102. The summed E-state index contributed by atoms with van der Waals surface area (Å²) in [6.45, 7) is 4.00. The predicted molar refractivity (Wildman–Crippen MR) is 108 cm³/mol. The van der Waals surface area contributed by atoms with E-state index in [2.05, 4.69) is 20.5 Å². The molecule has 0 spiro atoms. The van der Waals surface area contributed by atoms with E-state index >= 15 is 0 Å². The summed E-state index contributed by atoms with van der Waals surface area (Å²) in [4.78, 5) is 17.2.